The number of aryl methyl sites for hydroxylation is 1. The molecule has 1 heterocycles. The zero-order chi connectivity index (χ0) is 17.8. The molecule has 0 N–H and O–H groups in total. The lowest BCUT2D eigenvalue weighted by Crippen LogP contribution is -2.19. The van der Waals surface area contributed by atoms with E-state index in [1.165, 1.54) is 0 Å². The van der Waals surface area contributed by atoms with E-state index in [-0.39, 0.29) is 17.9 Å². The fourth-order valence-electron chi connectivity index (χ4n) is 2.69. The van der Waals surface area contributed by atoms with Crippen LogP contribution in [0.5, 0.6) is 5.75 Å². The highest BCUT2D eigenvalue weighted by molar-refractivity contribution is 6.30. The van der Waals surface area contributed by atoms with Crippen molar-refractivity contribution in [3.63, 3.8) is 0 Å². The number of carbonyl (C=O) groups excluding carboxylic acids is 1. The van der Waals surface area contributed by atoms with Gasteiger partial charge in [0.25, 0.3) is 5.56 Å². The molecule has 0 atom stereocenters. The van der Waals surface area contributed by atoms with Crippen molar-refractivity contribution >= 4 is 28.2 Å². The standard InChI is InChI=1S/C20H18ClNO3/c1-2-11-22-12-10-16-17(20(22)24)4-3-5-19(16)25-13-18(23)14-6-8-15(21)9-7-14/h3-10,12H,2,11,13H2,1H3. The number of benzene rings is 2. The van der Waals surface area contributed by atoms with Crippen LogP contribution in [-0.2, 0) is 6.54 Å². The van der Waals surface area contributed by atoms with Gasteiger partial charge in [0, 0.05) is 28.7 Å². The summed E-state index contributed by atoms with van der Waals surface area (Å²) in [5, 5.41) is 1.88. The minimum atomic E-state index is -0.145. The molecule has 3 rings (SSSR count). The Balaban J connectivity index is 1.84. The first kappa shape index (κ1) is 17.2. The maximum atomic E-state index is 12.5. The quantitative estimate of drug-likeness (QED) is 0.618. The van der Waals surface area contributed by atoms with E-state index in [1.54, 1.807) is 53.2 Å². The second-order valence-electron chi connectivity index (χ2n) is 5.75. The molecule has 0 aliphatic heterocycles. The molecule has 0 spiro atoms. The Morgan fingerprint density at radius 1 is 1.08 bits per heavy atom. The maximum Gasteiger partial charge on any atom is 0.258 e. The molecule has 5 heteroatoms. The minimum Gasteiger partial charge on any atom is -0.485 e. The Hall–Kier alpha value is -2.59. The van der Waals surface area contributed by atoms with E-state index in [0.29, 0.717) is 33.7 Å². The van der Waals surface area contributed by atoms with Crippen molar-refractivity contribution in [3.05, 3.63) is 75.7 Å². The van der Waals surface area contributed by atoms with Crippen molar-refractivity contribution in [1.82, 2.24) is 4.57 Å². The van der Waals surface area contributed by atoms with E-state index in [4.69, 9.17) is 16.3 Å². The van der Waals surface area contributed by atoms with Gasteiger partial charge < -0.3 is 9.30 Å². The maximum absolute atomic E-state index is 12.5. The summed E-state index contributed by atoms with van der Waals surface area (Å²) < 4.78 is 7.38. The largest absolute Gasteiger partial charge is 0.485 e. The molecule has 25 heavy (non-hydrogen) atoms. The Bertz CT molecular complexity index is 961. The highest BCUT2D eigenvalue weighted by Crippen LogP contribution is 2.23. The average molecular weight is 356 g/mol. The van der Waals surface area contributed by atoms with Gasteiger partial charge in [0.1, 0.15) is 5.75 Å². The summed E-state index contributed by atoms with van der Waals surface area (Å²) in [6.07, 6.45) is 2.65. The number of ether oxygens (including phenoxy) is 1. The summed E-state index contributed by atoms with van der Waals surface area (Å²) in [7, 11) is 0. The lowest BCUT2D eigenvalue weighted by molar-refractivity contribution is 0.0922. The van der Waals surface area contributed by atoms with Gasteiger partial charge in [0.05, 0.1) is 5.39 Å². The highest BCUT2D eigenvalue weighted by Gasteiger charge is 2.10. The molecule has 4 nitrogen and oxygen atoms in total. The van der Waals surface area contributed by atoms with E-state index >= 15 is 0 Å². The van der Waals surface area contributed by atoms with Gasteiger partial charge in [-0.2, -0.15) is 0 Å². The first-order valence-electron chi connectivity index (χ1n) is 8.14. The highest BCUT2D eigenvalue weighted by atomic mass is 35.5. The van der Waals surface area contributed by atoms with Crippen LogP contribution >= 0.6 is 11.6 Å². The van der Waals surface area contributed by atoms with Crippen molar-refractivity contribution in [2.24, 2.45) is 0 Å². The number of hydrogen-bond donors (Lipinski definition) is 0. The predicted octanol–water partition coefficient (Wildman–Crippen LogP) is 4.33. The van der Waals surface area contributed by atoms with Gasteiger partial charge in [-0.05, 0) is 48.9 Å². The third-order valence-corrected chi connectivity index (χ3v) is 4.22. The molecule has 0 aliphatic carbocycles. The lowest BCUT2D eigenvalue weighted by Gasteiger charge is -2.11. The van der Waals surface area contributed by atoms with Crippen LogP contribution in [0.15, 0.2) is 59.5 Å². The third kappa shape index (κ3) is 3.74. The number of fused-ring (bicyclic) bond motifs is 1. The molecular formula is C20H18ClNO3. The second-order valence-corrected chi connectivity index (χ2v) is 6.19. The van der Waals surface area contributed by atoms with Crippen LogP contribution in [0.4, 0.5) is 0 Å². The topological polar surface area (TPSA) is 48.3 Å². The SMILES string of the molecule is CCCn1ccc2c(OCC(=O)c3ccc(Cl)cc3)cccc2c1=O. The summed E-state index contributed by atoms with van der Waals surface area (Å²) in [5.41, 5.74) is 0.490. The number of halogens is 1. The molecule has 2 aromatic carbocycles. The first-order valence-corrected chi connectivity index (χ1v) is 8.51. The smallest absolute Gasteiger partial charge is 0.258 e. The summed E-state index contributed by atoms with van der Waals surface area (Å²) in [4.78, 5) is 24.7. The predicted molar refractivity (Wildman–Crippen MR) is 99.8 cm³/mol. The van der Waals surface area contributed by atoms with Gasteiger partial charge in [-0.1, -0.05) is 24.6 Å². The molecule has 0 unspecified atom stereocenters. The van der Waals surface area contributed by atoms with Crippen LogP contribution < -0.4 is 10.3 Å². The Kier molecular flexibility index (Phi) is 5.19. The van der Waals surface area contributed by atoms with Crippen LogP contribution in [0.3, 0.4) is 0 Å². The van der Waals surface area contributed by atoms with Gasteiger partial charge in [-0.15, -0.1) is 0 Å². The summed E-state index contributed by atoms with van der Waals surface area (Å²) >= 11 is 5.83. The normalized spacial score (nSPS) is 10.8. The van der Waals surface area contributed by atoms with Crippen LogP contribution in [0.2, 0.25) is 5.02 Å². The molecule has 0 saturated heterocycles. The fourth-order valence-corrected chi connectivity index (χ4v) is 2.82. The molecule has 0 bridgehead atoms. The molecule has 0 radical (unpaired) electrons. The summed E-state index contributed by atoms with van der Waals surface area (Å²) in [6.45, 7) is 2.60. The van der Waals surface area contributed by atoms with Gasteiger partial charge in [0.2, 0.25) is 0 Å². The van der Waals surface area contributed by atoms with Crippen LogP contribution in [0.1, 0.15) is 23.7 Å². The monoisotopic (exact) mass is 355 g/mol. The van der Waals surface area contributed by atoms with Crippen molar-refractivity contribution in [2.75, 3.05) is 6.61 Å². The second kappa shape index (κ2) is 7.53. The fraction of sp³-hybridized carbons (Fsp3) is 0.200. The van der Waals surface area contributed by atoms with Crippen molar-refractivity contribution in [1.29, 1.82) is 0 Å². The molecule has 128 valence electrons. The first-order chi connectivity index (χ1) is 12.1. The zero-order valence-electron chi connectivity index (χ0n) is 13.9. The Morgan fingerprint density at radius 2 is 1.84 bits per heavy atom. The molecule has 0 fully saturated rings. The Morgan fingerprint density at radius 3 is 2.56 bits per heavy atom. The number of Topliss-reactive ketones (excluding diaryl/α,β-unsaturated/α-hetero) is 1. The lowest BCUT2D eigenvalue weighted by atomic mass is 10.1. The van der Waals surface area contributed by atoms with Crippen molar-refractivity contribution in [3.8, 4) is 5.75 Å². The molecule has 0 aliphatic rings. The molecule has 3 aromatic rings. The van der Waals surface area contributed by atoms with E-state index in [2.05, 4.69) is 0 Å². The minimum absolute atomic E-state index is 0.0474. The summed E-state index contributed by atoms with van der Waals surface area (Å²) in [5.74, 6) is 0.383. The molecule has 0 saturated carbocycles. The van der Waals surface area contributed by atoms with Gasteiger partial charge in [0.15, 0.2) is 12.4 Å². The number of hydrogen-bond acceptors (Lipinski definition) is 3. The molecular weight excluding hydrogens is 338 g/mol. The van der Waals surface area contributed by atoms with Gasteiger partial charge in [-0.25, -0.2) is 0 Å². The van der Waals surface area contributed by atoms with Crippen molar-refractivity contribution in [2.45, 2.75) is 19.9 Å². The number of pyridine rings is 1. The zero-order valence-corrected chi connectivity index (χ0v) is 14.6. The molecule has 0 amide bonds. The molecule has 1 aromatic heterocycles. The van der Waals surface area contributed by atoms with Crippen LogP contribution in [0.25, 0.3) is 10.8 Å². The number of carbonyl (C=O) groups is 1. The van der Waals surface area contributed by atoms with Crippen LogP contribution in [0, 0.1) is 0 Å². The number of aromatic nitrogens is 1. The van der Waals surface area contributed by atoms with E-state index in [9.17, 15) is 9.59 Å². The van der Waals surface area contributed by atoms with Gasteiger partial charge >= 0.3 is 0 Å². The number of ketones is 1. The average Bonchev–Trinajstić information content (AvgIpc) is 2.63. The Labute approximate surface area is 150 Å². The number of nitrogens with zero attached hydrogens (tertiary/aromatic N) is 1. The van der Waals surface area contributed by atoms with E-state index in [0.717, 1.165) is 6.42 Å². The van der Waals surface area contributed by atoms with Gasteiger partial charge in [-0.3, -0.25) is 9.59 Å². The van der Waals surface area contributed by atoms with E-state index < -0.39 is 0 Å². The van der Waals surface area contributed by atoms with Crippen molar-refractivity contribution < 1.29 is 9.53 Å². The van der Waals surface area contributed by atoms with E-state index in [1.807, 2.05) is 13.0 Å². The van der Waals surface area contributed by atoms with Crippen LogP contribution in [-0.4, -0.2) is 17.0 Å². The summed E-state index contributed by atoms with van der Waals surface area (Å²) in [6, 6.07) is 13.8. The third-order valence-electron chi connectivity index (χ3n) is 3.97. The number of rotatable bonds is 6.